The molecule has 1 unspecified atom stereocenters. The molecule has 0 spiro atoms. The first-order valence-electron chi connectivity index (χ1n) is 6.44. The van der Waals surface area contributed by atoms with Crippen LogP contribution in [0.3, 0.4) is 0 Å². The zero-order chi connectivity index (χ0) is 14.5. The molecule has 0 aliphatic carbocycles. The van der Waals surface area contributed by atoms with Gasteiger partial charge in [0, 0.05) is 4.47 Å². The molecular formula is C16H15BrF2O. The summed E-state index contributed by atoms with van der Waals surface area (Å²) < 4.78 is 27.7. The Balaban J connectivity index is 1.97. The van der Waals surface area contributed by atoms with Crippen molar-refractivity contribution in [1.82, 2.24) is 0 Å². The predicted molar refractivity (Wildman–Crippen MR) is 78.4 cm³/mol. The summed E-state index contributed by atoms with van der Waals surface area (Å²) in [6, 6.07) is 12.1. The standard InChI is InChI=1S/C16H15BrF2O/c17-12-9-13(18)16(14(19)10-12)15(20)8-4-7-11-5-2-1-3-6-11/h1-3,5-6,9-10,15,20H,4,7-8H2. The first-order chi connectivity index (χ1) is 9.58. The minimum absolute atomic E-state index is 0.249. The van der Waals surface area contributed by atoms with E-state index in [-0.39, 0.29) is 5.56 Å². The topological polar surface area (TPSA) is 20.2 Å². The van der Waals surface area contributed by atoms with Gasteiger partial charge in [-0.25, -0.2) is 8.78 Å². The van der Waals surface area contributed by atoms with E-state index in [2.05, 4.69) is 15.9 Å². The third kappa shape index (κ3) is 3.87. The molecule has 4 heteroatoms. The average Bonchev–Trinajstić information content (AvgIpc) is 2.38. The smallest absolute Gasteiger partial charge is 0.133 e. The molecule has 2 aromatic rings. The first kappa shape index (κ1) is 15.1. The minimum Gasteiger partial charge on any atom is -0.388 e. The number of hydrogen-bond acceptors (Lipinski definition) is 1. The van der Waals surface area contributed by atoms with Gasteiger partial charge in [-0.3, -0.25) is 0 Å². The van der Waals surface area contributed by atoms with Crippen molar-refractivity contribution in [3.63, 3.8) is 0 Å². The fourth-order valence-corrected chi connectivity index (χ4v) is 2.56. The number of halogens is 3. The second-order valence-electron chi connectivity index (χ2n) is 4.68. The number of aryl methyl sites for hydroxylation is 1. The van der Waals surface area contributed by atoms with Crippen LogP contribution in [0.4, 0.5) is 8.78 Å². The summed E-state index contributed by atoms with van der Waals surface area (Å²) >= 11 is 3.02. The number of rotatable bonds is 5. The normalized spacial score (nSPS) is 12.4. The summed E-state index contributed by atoms with van der Waals surface area (Å²) in [5.74, 6) is -1.44. The van der Waals surface area contributed by atoms with Crippen molar-refractivity contribution in [3.05, 3.63) is 69.7 Å². The van der Waals surface area contributed by atoms with Gasteiger partial charge in [0.05, 0.1) is 11.7 Å². The molecule has 1 N–H and O–H groups in total. The van der Waals surface area contributed by atoms with Crippen LogP contribution < -0.4 is 0 Å². The van der Waals surface area contributed by atoms with Crippen molar-refractivity contribution in [2.45, 2.75) is 25.4 Å². The fraction of sp³-hybridized carbons (Fsp3) is 0.250. The van der Waals surface area contributed by atoms with Crippen LogP contribution in [0.2, 0.25) is 0 Å². The van der Waals surface area contributed by atoms with Crippen LogP contribution >= 0.6 is 15.9 Å². The molecule has 0 fully saturated rings. The fourth-order valence-electron chi connectivity index (χ4n) is 2.16. The van der Waals surface area contributed by atoms with Crippen LogP contribution in [0.1, 0.15) is 30.1 Å². The molecule has 0 radical (unpaired) electrons. The number of hydrogen-bond donors (Lipinski definition) is 1. The predicted octanol–water partition coefficient (Wildman–Crippen LogP) is 4.78. The maximum atomic E-state index is 13.7. The largest absolute Gasteiger partial charge is 0.388 e. The molecule has 0 saturated heterocycles. The molecule has 2 rings (SSSR count). The number of aliphatic hydroxyl groups is 1. The van der Waals surface area contributed by atoms with E-state index in [1.165, 1.54) is 12.1 Å². The minimum atomic E-state index is -1.12. The van der Waals surface area contributed by atoms with Crippen LogP contribution in [-0.2, 0) is 6.42 Å². The van der Waals surface area contributed by atoms with E-state index in [0.29, 0.717) is 17.3 Å². The molecular weight excluding hydrogens is 326 g/mol. The van der Waals surface area contributed by atoms with E-state index in [4.69, 9.17) is 0 Å². The summed E-state index contributed by atoms with van der Waals surface area (Å²) in [5.41, 5.74) is 0.901. The molecule has 0 aliphatic rings. The molecule has 0 bridgehead atoms. The lowest BCUT2D eigenvalue weighted by Gasteiger charge is -2.13. The van der Waals surface area contributed by atoms with Gasteiger partial charge in [0.25, 0.3) is 0 Å². The highest BCUT2D eigenvalue weighted by Gasteiger charge is 2.18. The first-order valence-corrected chi connectivity index (χ1v) is 7.23. The van der Waals surface area contributed by atoms with Gasteiger partial charge in [-0.2, -0.15) is 0 Å². The van der Waals surface area contributed by atoms with Crippen molar-refractivity contribution < 1.29 is 13.9 Å². The van der Waals surface area contributed by atoms with Crippen LogP contribution in [0.5, 0.6) is 0 Å². The van der Waals surface area contributed by atoms with Crippen molar-refractivity contribution >= 4 is 15.9 Å². The summed E-state index contributed by atoms with van der Waals surface area (Å²) in [6.07, 6.45) is 0.647. The number of benzene rings is 2. The molecule has 1 atom stereocenters. The van der Waals surface area contributed by atoms with E-state index < -0.39 is 17.7 Å². The summed E-state index contributed by atoms with van der Waals surface area (Å²) in [4.78, 5) is 0. The van der Waals surface area contributed by atoms with Crippen molar-refractivity contribution in [2.75, 3.05) is 0 Å². The Morgan fingerprint density at radius 2 is 1.65 bits per heavy atom. The quantitative estimate of drug-likeness (QED) is 0.830. The second kappa shape index (κ2) is 6.95. The van der Waals surface area contributed by atoms with Crippen LogP contribution in [-0.4, -0.2) is 5.11 Å². The van der Waals surface area contributed by atoms with E-state index in [0.717, 1.165) is 12.0 Å². The van der Waals surface area contributed by atoms with Crippen molar-refractivity contribution in [2.24, 2.45) is 0 Å². The summed E-state index contributed by atoms with van der Waals surface area (Å²) in [7, 11) is 0. The Bertz CT molecular complexity index is 549. The van der Waals surface area contributed by atoms with Crippen molar-refractivity contribution in [3.8, 4) is 0 Å². The van der Waals surface area contributed by atoms with E-state index >= 15 is 0 Å². The molecule has 1 nitrogen and oxygen atoms in total. The number of aliphatic hydroxyl groups excluding tert-OH is 1. The van der Waals surface area contributed by atoms with Crippen LogP contribution in [0, 0.1) is 11.6 Å². The van der Waals surface area contributed by atoms with Gasteiger partial charge in [0.15, 0.2) is 0 Å². The third-order valence-electron chi connectivity index (χ3n) is 3.16. The van der Waals surface area contributed by atoms with Gasteiger partial charge in [-0.15, -0.1) is 0 Å². The molecule has 106 valence electrons. The lowest BCUT2D eigenvalue weighted by atomic mass is 10.0. The molecule has 0 heterocycles. The Kier molecular flexibility index (Phi) is 5.26. The van der Waals surface area contributed by atoms with Gasteiger partial charge in [0.1, 0.15) is 11.6 Å². The second-order valence-corrected chi connectivity index (χ2v) is 5.59. The Labute approximate surface area is 125 Å². The molecule has 0 aromatic heterocycles. The van der Waals surface area contributed by atoms with Gasteiger partial charge in [-0.1, -0.05) is 46.3 Å². The highest BCUT2D eigenvalue weighted by molar-refractivity contribution is 9.10. The highest BCUT2D eigenvalue weighted by Crippen LogP contribution is 2.27. The van der Waals surface area contributed by atoms with Gasteiger partial charge in [0.2, 0.25) is 0 Å². The van der Waals surface area contributed by atoms with Crippen LogP contribution in [0.25, 0.3) is 0 Å². The molecule has 0 saturated carbocycles. The summed E-state index contributed by atoms with van der Waals surface area (Å²) in [6.45, 7) is 0. The third-order valence-corrected chi connectivity index (χ3v) is 3.62. The lowest BCUT2D eigenvalue weighted by Crippen LogP contribution is -2.05. The average molecular weight is 341 g/mol. The maximum Gasteiger partial charge on any atom is 0.133 e. The lowest BCUT2D eigenvalue weighted by molar-refractivity contribution is 0.155. The van der Waals surface area contributed by atoms with Gasteiger partial charge in [-0.05, 0) is 37.0 Å². The SMILES string of the molecule is OC(CCCc1ccccc1)c1c(F)cc(Br)cc1F. The Morgan fingerprint density at radius 3 is 2.25 bits per heavy atom. The molecule has 0 aliphatic heterocycles. The zero-order valence-corrected chi connectivity index (χ0v) is 12.4. The van der Waals surface area contributed by atoms with E-state index in [9.17, 15) is 13.9 Å². The van der Waals surface area contributed by atoms with Crippen LogP contribution in [0.15, 0.2) is 46.9 Å². The van der Waals surface area contributed by atoms with E-state index in [1.807, 2.05) is 30.3 Å². The molecule has 20 heavy (non-hydrogen) atoms. The molecule has 2 aromatic carbocycles. The van der Waals surface area contributed by atoms with Gasteiger partial charge >= 0.3 is 0 Å². The van der Waals surface area contributed by atoms with E-state index in [1.54, 1.807) is 0 Å². The summed E-state index contributed by atoms with van der Waals surface area (Å²) in [5, 5.41) is 9.96. The zero-order valence-electron chi connectivity index (χ0n) is 10.8. The Morgan fingerprint density at radius 1 is 1.05 bits per heavy atom. The Hall–Kier alpha value is -1.26. The van der Waals surface area contributed by atoms with Crippen molar-refractivity contribution in [1.29, 1.82) is 0 Å². The monoisotopic (exact) mass is 340 g/mol. The maximum absolute atomic E-state index is 13.7. The molecule has 0 amide bonds. The van der Waals surface area contributed by atoms with Gasteiger partial charge < -0.3 is 5.11 Å². The highest BCUT2D eigenvalue weighted by atomic mass is 79.9.